The number of anilines is 1. The summed E-state index contributed by atoms with van der Waals surface area (Å²) in [5, 5.41) is 28.2. The van der Waals surface area contributed by atoms with Crippen molar-refractivity contribution >= 4 is 17.4 Å². The Bertz CT molecular complexity index is 1160. The largest absolute Gasteiger partial charge is 0.416 e. The van der Waals surface area contributed by atoms with Gasteiger partial charge < -0.3 is 5.32 Å². The first-order chi connectivity index (χ1) is 15.9. The summed E-state index contributed by atoms with van der Waals surface area (Å²) in [6, 6.07) is 6.13. The van der Waals surface area contributed by atoms with Gasteiger partial charge in [0.25, 0.3) is 0 Å². The molecule has 0 aromatic heterocycles. The van der Waals surface area contributed by atoms with E-state index in [2.05, 4.69) is 15.7 Å². The van der Waals surface area contributed by atoms with Gasteiger partial charge in [0.1, 0.15) is 17.8 Å². The Morgan fingerprint density at radius 3 is 2.06 bits per heavy atom. The van der Waals surface area contributed by atoms with Gasteiger partial charge in [0.05, 0.1) is 27.9 Å². The summed E-state index contributed by atoms with van der Waals surface area (Å²) < 4.78 is 78.8. The summed E-state index contributed by atoms with van der Waals surface area (Å²) in [5.41, 5.74) is -4.22. The lowest BCUT2D eigenvalue weighted by Gasteiger charge is -2.19. The number of hydrogen-bond donors (Lipinski definition) is 1. The summed E-state index contributed by atoms with van der Waals surface area (Å²) in [6.45, 7) is 1.93. The Balaban J connectivity index is 2.63. The van der Waals surface area contributed by atoms with Crippen LogP contribution in [0, 0.1) is 22.7 Å². The van der Waals surface area contributed by atoms with Gasteiger partial charge in [-0.2, -0.15) is 41.9 Å². The number of benzene rings is 2. The number of amides is 2. The third kappa shape index (κ3) is 6.45. The van der Waals surface area contributed by atoms with Crippen molar-refractivity contribution in [3.05, 3.63) is 58.7 Å². The van der Waals surface area contributed by atoms with Crippen LogP contribution in [-0.2, 0) is 12.4 Å². The van der Waals surface area contributed by atoms with Crippen LogP contribution in [0.15, 0.2) is 46.7 Å². The predicted molar refractivity (Wildman–Crippen MR) is 108 cm³/mol. The average Bonchev–Trinajstić information content (AvgIpc) is 2.78. The predicted octanol–water partition coefficient (Wildman–Crippen LogP) is 6.48. The molecule has 0 aliphatic carbocycles. The number of urea groups is 1. The van der Waals surface area contributed by atoms with Crippen LogP contribution in [0.3, 0.4) is 0 Å². The van der Waals surface area contributed by atoms with E-state index >= 15 is 0 Å². The topological polar surface area (TPSA) is 105 Å². The van der Waals surface area contributed by atoms with Crippen LogP contribution in [-0.4, -0.2) is 12.6 Å². The number of carbonyl (C=O) groups excluding carboxylic acids is 1. The summed E-state index contributed by atoms with van der Waals surface area (Å²) >= 11 is 0. The van der Waals surface area contributed by atoms with Crippen LogP contribution in [0.2, 0.25) is 0 Å². The lowest BCUT2D eigenvalue weighted by molar-refractivity contribution is -0.138. The van der Waals surface area contributed by atoms with E-state index in [1.165, 1.54) is 0 Å². The highest BCUT2D eigenvalue weighted by Gasteiger charge is 2.33. The van der Waals surface area contributed by atoms with E-state index < -0.39 is 40.9 Å². The molecule has 2 rings (SSSR count). The van der Waals surface area contributed by atoms with Crippen molar-refractivity contribution in [2.75, 3.05) is 11.6 Å². The van der Waals surface area contributed by atoms with Gasteiger partial charge in [-0.1, -0.05) is 18.6 Å². The first-order valence-corrected chi connectivity index (χ1v) is 9.64. The summed E-state index contributed by atoms with van der Waals surface area (Å²) in [7, 11) is 0. The standard InChI is InChI=1S/C21H16F6N6O/c1-2-3-8-30-19(34)33(18-10-16(21(25,26)27)7-5-14(18)12-29)32-31-17-9-15(20(22,23)24)6-4-13(17)11-28/h4-7,9-10H,2-3,8H2,1H3,(H,30,34)/b32-31+. The van der Waals surface area contributed by atoms with Crippen LogP contribution in [0.4, 0.5) is 42.5 Å². The van der Waals surface area contributed by atoms with E-state index in [0.29, 0.717) is 42.1 Å². The van der Waals surface area contributed by atoms with Crippen molar-refractivity contribution in [2.24, 2.45) is 10.3 Å². The number of nitrogens with zero attached hydrogens (tertiary/aromatic N) is 5. The molecule has 0 saturated heterocycles. The number of unbranched alkanes of at least 4 members (excludes halogenated alkanes) is 1. The number of halogens is 6. The molecule has 2 amide bonds. The number of rotatable bonds is 6. The first-order valence-electron chi connectivity index (χ1n) is 9.64. The number of alkyl halides is 6. The Kier molecular flexibility index (Phi) is 8.19. The van der Waals surface area contributed by atoms with Gasteiger partial charge in [0, 0.05) is 6.54 Å². The van der Waals surface area contributed by atoms with Crippen molar-refractivity contribution in [1.29, 1.82) is 10.5 Å². The molecule has 13 heteroatoms. The second kappa shape index (κ2) is 10.7. The van der Waals surface area contributed by atoms with Crippen molar-refractivity contribution < 1.29 is 31.1 Å². The van der Waals surface area contributed by atoms with Crippen LogP contribution in [0.25, 0.3) is 0 Å². The molecule has 7 nitrogen and oxygen atoms in total. The van der Waals surface area contributed by atoms with Gasteiger partial charge in [0.2, 0.25) is 0 Å². The lowest BCUT2D eigenvalue weighted by Crippen LogP contribution is -2.37. The maximum Gasteiger partial charge on any atom is 0.416 e. The molecule has 178 valence electrons. The monoisotopic (exact) mass is 482 g/mol. The van der Waals surface area contributed by atoms with E-state index in [0.717, 1.165) is 12.1 Å². The van der Waals surface area contributed by atoms with Gasteiger partial charge in [-0.15, -0.1) is 5.11 Å². The van der Waals surface area contributed by atoms with Crippen LogP contribution in [0.1, 0.15) is 42.0 Å². The first kappa shape index (κ1) is 26.1. The Morgan fingerprint density at radius 2 is 1.53 bits per heavy atom. The van der Waals surface area contributed by atoms with Gasteiger partial charge in [-0.05, 0) is 42.8 Å². The zero-order valence-corrected chi connectivity index (χ0v) is 17.5. The fraction of sp³-hybridized carbons (Fsp3) is 0.286. The highest BCUT2D eigenvalue weighted by molar-refractivity contribution is 5.92. The molecule has 0 fully saturated rings. The second-order valence-electron chi connectivity index (χ2n) is 6.77. The van der Waals surface area contributed by atoms with Crippen LogP contribution >= 0.6 is 0 Å². The molecule has 0 spiro atoms. The van der Waals surface area contributed by atoms with Crippen molar-refractivity contribution in [2.45, 2.75) is 32.1 Å². The Hall–Kier alpha value is -4.13. The molecule has 0 atom stereocenters. The molecule has 0 radical (unpaired) electrons. The summed E-state index contributed by atoms with van der Waals surface area (Å²) in [6.07, 6.45) is -8.41. The molecular weight excluding hydrogens is 466 g/mol. The Morgan fingerprint density at radius 1 is 0.971 bits per heavy atom. The average molecular weight is 482 g/mol. The third-order valence-corrected chi connectivity index (χ3v) is 4.36. The van der Waals surface area contributed by atoms with Gasteiger partial charge in [0.15, 0.2) is 0 Å². The molecule has 1 N–H and O–H groups in total. The second-order valence-corrected chi connectivity index (χ2v) is 6.77. The van der Waals surface area contributed by atoms with E-state index in [4.69, 9.17) is 5.26 Å². The van der Waals surface area contributed by atoms with Gasteiger partial charge in [-0.25, -0.2) is 4.79 Å². The highest BCUT2D eigenvalue weighted by Crippen LogP contribution is 2.35. The number of hydrogen-bond acceptors (Lipinski definition) is 5. The minimum absolute atomic E-state index is 0.106. The van der Waals surface area contributed by atoms with Gasteiger partial charge >= 0.3 is 18.4 Å². The summed E-state index contributed by atoms with van der Waals surface area (Å²) in [4.78, 5) is 12.7. The SMILES string of the molecule is CCCCNC(=O)N(/N=N/c1cc(C(F)(F)F)ccc1C#N)c1cc(C(F)(F)F)ccc1C#N. The number of nitriles is 2. The molecule has 34 heavy (non-hydrogen) atoms. The van der Waals surface area contributed by atoms with E-state index in [1.807, 2.05) is 6.92 Å². The Labute approximate surface area is 189 Å². The zero-order chi connectivity index (χ0) is 25.5. The quantitative estimate of drug-likeness (QED) is 0.220. The van der Waals surface area contributed by atoms with Crippen LogP contribution < -0.4 is 10.3 Å². The highest BCUT2D eigenvalue weighted by atomic mass is 19.4. The molecule has 0 saturated carbocycles. The maximum absolute atomic E-state index is 13.2. The molecule has 0 aliphatic heterocycles. The van der Waals surface area contributed by atoms with E-state index in [1.54, 1.807) is 12.1 Å². The minimum Gasteiger partial charge on any atom is -0.336 e. The van der Waals surface area contributed by atoms with Crippen molar-refractivity contribution in [3.63, 3.8) is 0 Å². The molecule has 2 aromatic rings. The lowest BCUT2D eigenvalue weighted by atomic mass is 10.1. The molecule has 0 aliphatic rings. The fourth-order valence-corrected chi connectivity index (χ4v) is 2.60. The van der Waals surface area contributed by atoms with E-state index in [9.17, 15) is 36.4 Å². The van der Waals surface area contributed by atoms with Gasteiger partial charge in [-0.3, -0.25) is 0 Å². The van der Waals surface area contributed by atoms with E-state index in [-0.39, 0.29) is 17.7 Å². The molecule has 0 bridgehead atoms. The van der Waals surface area contributed by atoms with Crippen molar-refractivity contribution in [1.82, 2.24) is 5.32 Å². The van der Waals surface area contributed by atoms with Crippen LogP contribution in [0.5, 0.6) is 0 Å². The normalized spacial score (nSPS) is 11.7. The molecule has 2 aromatic carbocycles. The zero-order valence-electron chi connectivity index (χ0n) is 17.5. The number of nitrogens with one attached hydrogen (secondary N) is 1. The molecule has 0 heterocycles. The third-order valence-electron chi connectivity index (χ3n) is 4.36. The summed E-state index contributed by atoms with van der Waals surface area (Å²) in [5.74, 6) is 0. The maximum atomic E-state index is 13.2. The smallest absolute Gasteiger partial charge is 0.336 e. The molecular formula is C21H16F6N6O. The van der Waals surface area contributed by atoms with Crippen molar-refractivity contribution in [3.8, 4) is 12.1 Å². The molecule has 0 unspecified atom stereocenters. The fourth-order valence-electron chi connectivity index (χ4n) is 2.60. The minimum atomic E-state index is -4.82. The number of carbonyl (C=O) groups is 1.